The first-order chi connectivity index (χ1) is 10.4. The van der Waals surface area contributed by atoms with E-state index in [1.165, 1.54) is 0 Å². The molecule has 1 unspecified atom stereocenters. The van der Waals surface area contributed by atoms with Gasteiger partial charge in [0, 0.05) is 0 Å². The summed E-state index contributed by atoms with van der Waals surface area (Å²) in [6, 6.07) is 6.71. The van der Waals surface area contributed by atoms with Crippen LogP contribution in [-0.4, -0.2) is 38.0 Å². The Morgan fingerprint density at radius 3 is 2.68 bits per heavy atom. The highest BCUT2D eigenvalue weighted by atomic mass is 16.4. The lowest BCUT2D eigenvalue weighted by molar-refractivity contribution is -0.139. The molecule has 0 fully saturated rings. The number of aromatic nitrogens is 3. The van der Waals surface area contributed by atoms with Gasteiger partial charge in [-0.15, -0.1) is 5.10 Å². The molecule has 0 bridgehead atoms. The van der Waals surface area contributed by atoms with Gasteiger partial charge in [0.25, 0.3) is 5.91 Å². The standard InChI is InChI=1S/C15H18N4O3/c1-4-12(15(21)22)16-14(20)13-10(3)19(18-17-13)11-7-5-6-9(2)8-11/h5-8,12H,4H2,1-3H3,(H,16,20)(H,21,22). The number of nitrogens with zero attached hydrogens (tertiary/aromatic N) is 3. The van der Waals surface area contributed by atoms with E-state index < -0.39 is 17.9 Å². The summed E-state index contributed by atoms with van der Waals surface area (Å²) in [6.45, 7) is 5.37. The number of carboxylic acids is 1. The van der Waals surface area contributed by atoms with Gasteiger partial charge in [-0.2, -0.15) is 0 Å². The number of nitrogens with one attached hydrogen (secondary N) is 1. The topological polar surface area (TPSA) is 97.1 Å². The van der Waals surface area contributed by atoms with E-state index in [0.717, 1.165) is 11.3 Å². The molecule has 0 aliphatic heterocycles. The van der Waals surface area contributed by atoms with Gasteiger partial charge in [0.15, 0.2) is 5.69 Å². The van der Waals surface area contributed by atoms with E-state index in [1.54, 1.807) is 18.5 Å². The number of rotatable bonds is 5. The molecule has 2 rings (SSSR count). The maximum atomic E-state index is 12.2. The van der Waals surface area contributed by atoms with Crippen molar-refractivity contribution >= 4 is 11.9 Å². The first-order valence-electron chi connectivity index (χ1n) is 6.97. The highest BCUT2D eigenvalue weighted by Gasteiger charge is 2.23. The number of carbonyl (C=O) groups is 2. The molecule has 1 atom stereocenters. The minimum Gasteiger partial charge on any atom is -0.480 e. The quantitative estimate of drug-likeness (QED) is 0.872. The van der Waals surface area contributed by atoms with E-state index >= 15 is 0 Å². The van der Waals surface area contributed by atoms with E-state index in [9.17, 15) is 9.59 Å². The van der Waals surface area contributed by atoms with Crippen LogP contribution in [-0.2, 0) is 4.79 Å². The molecule has 2 aromatic rings. The second-order valence-corrected chi connectivity index (χ2v) is 5.05. The molecule has 7 nitrogen and oxygen atoms in total. The number of carboxylic acid groups (broad SMARTS) is 1. The van der Waals surface area contributed by atoms with Crippen LogP contribution in [0, 0.1) is 13.8 Å². The van der Waals surface area contributed by atoms with Crippen molar-refractivity contribution in [2.75, 3.05) is 0 Å². The summed E-state index contributed by atoms with van der Waals surface area (Å²) >= 11 is 0. The van der Waals surface area contributed by atoms with Crippen LogP contribution in [0.2, 0.25) is 0 Å². The smallest absolute Gasteiger partial charge is 0.326 e. The molecule has 0 spiro atoms. The second kappa shape index (κ2) is 6.38. The SMILES string of the molecule is CCC(NC(=O)c1nnn(-c2cccc(C)c2)c1C)C(=O)O. The first-order valence-corrected chi connectivity index (χ1v) is 6.97. The fourth-order valence-corrected chi connectivity index (χ4v) is 2.11. The van der Waals surface area contributed by atoms with Crippen LogP contribution in [0.4, 0.5) is 0 Å². The minimum atomic E-state index is -1.07. The number of benzene rings is 1. The lowest BCUT2D eigenvalue weighted by Gasteiger charge is -2.11. The van der Waals surface area contributed by atoms with E-state index in [0.29, 0.717) is 12.1 Å². The number of aliphatic carboxylic acids is 1. The van der Waals surface area contributed by atoms with Crippen molar-refractivity contribution in [3.05, 3.63) is 41.2 Å². The van der Waals surface area contributed by atoms with Crippen molar-refractivity contribution in [2.24, 2.45) is 0 Å². The van der Waals surface area contributed by atoms with E-state index in [1.807, 2.05) is 31.2 Å². The Kier molecular flexibility index (Phi) is 4.55. The van der Waals surface area contributed by atoms with Crippen LogP contribution in [0.5, 0.6) is 0 Å². The molecular weight excluding hydrogens is 284 g/mol. The Morgan fingerprint density at radius 2 is 2.09 bits per heavy atom. The van der Waals surface area contributed by atoms with Gasteiger partial charge in [0.05, 0.1) is 11.4 Å². The van der Waals surface area contributed by atoms with Gasteiger partial charge in [-0.25, -0.2) is 9.48 Å². The Balaban J connectivity index is 2.27. The average molecular weight is 302 g/mol. The summed E-state index contributed by atoms with van der Waals surface area (Å²) in [7, 11) is 0. The second-order valence-electron chi connectivity index (χ2n) is 5.05. The van der Waals surface area contributed by atoms with Gasteiger partial charge in [0.2, 0.25) is 0 Å². The predicted molar refractivity (Wildman–Crippen MR) is 80.0 cm³/mol. The Morgan fingerprint density at radius 1 is 1.36 bits per heavy atom. The summed E-state index contributed by atoms with van der Waals surface area (Å²) in [5.41, 5.74) is 2.55. The summed E-state index contributed by atoms with van der Waals surface area (Å²) in [6.07, 6.45) is 0.298. The maximum Gasteiger partial charge on any atom is 0.326 e. The van der Waals surface area contributed by atoms with E-state index in [2.05, 4.69) is 15.6 Å². The Hall–Kier alpha value is -2.70. The van der Waals surface area contributed by atoms with Gasteiger partial charge in [0.1, 0.15) is 6.04 Å². The molecule has 0 aliphatic rings. The van der Waals surface area contributed by atoms with Crippen LogP contribution in [0.3, 0.4) is 0 Å². The fraction of sp³-hybridized carbons (Fsp3) is 0.333. The summed E-state index contributed by atoms with van der Waals surface area (Å²) in [5.74, 6) is -1.61. The molecular formula is C15H18N4O3. The first kappa shape index (κ1) is 15.7. The third kappa shape index (κ3) is 3.13. The highest BCUT2D eigenvalue weighted by molar-refractivity contribution is 5.95. The third-order valence-corrected chi connectivity index (χ3v) is 3.37. The maximum absolute atomic E-state index is 12.2. The molecule has 1 aromatic heterocycles. The largest absolute Gasteiger partial charge is 0.480 e. The number of carbonyl (C=O) groups excluding carboxylic acids is 1. The van der Waals surface area contributed by atoms with Crippen molar-refractivity contribution in [3.8, 4) is 5.69 Å². The summed E-state index contributed by atoms with van der Waals surface area (Å²) < 4.78 is 1.56. The number of amides is 1. The van der Waals surface area contributed by atoms with Crippen LogP contribution < -0.4 is 5.32 Å². The van der Waals surface area contributed by atoms with E-state index in [-0.39, 0.29) is 5.69 Å². The lowest BCUT2D eigenvalue weighted by Crippen LogP contribution is -2.40. The molecule has 1 aromatic carbocycles. The molecule has 1 heterocycles. The summed E-state index contributed by atoms with van der Waals surface area (Å²) in [5, 5.41) is 19.3. The average Bonchev–Trinajstić information content (AvgIpc) is 2.86. The van der Waals surface area contributed by atoms with Crippen molar-refractivity contribution < 1.29 is 14.7 Å². The van der Waals surface area contributed by atoms with Crippen molar-refractivity contribution in [1.82, 2.24) is 20.3 Å². The molecule has 0 saturated heterocycles. The summed E-state index contributed by atoms with van der Waals surface area (Å²) in [4.78, 5) is 23.2. The zero-order chi connectivity index (χ0) is 16.3. The fourth-order valence-electron chi connectivity index (χ4n) is 2.11. The number of hydrogen-bond acceptors (Lipinski definition) is 4. The van der Waals surface area contributed by atoms with Crippen molar-refractivity contribution in [1.29, 1.82) is 0 Å². The van der Waals surface area contributed by atoms with Gasteiger partial charge in [-0.05, 0) is 38.0 Å². The van der Waals surface area contributed by atoms with Gasteiger partial charge in [-0.3, -0.25) is 4.79 Å². The van der Waals surface area contributed by atoms with Crippen LogP contribution in [0.15, 0.2) is 24.3 Å². The molecule has 7 heteroatoms. The molecule has 0 aliphatic carbocycles. The van der Waals surface area contributed by atoms with Gasteiger partial charge >= 0.3 is 5.97 Å². The van der Waals surface area contributed by atoms with Crippen molar-refractivity contribution in [3.63, 3.8) is 0 Å². The zero-order valence-electron chi connectivity index (χ0n) is 12.7. The Bertz CT molecular complexity index is 709. The Labute approximate surface area is 128 Å². The van der Waals surface area contributed by atoms with Crippen molar-refractivity contribution in [2.45, 2.75) is 33.2 Å². The van der Waals surface area contributed by atoms with Gasteiger partial charge in [-0.1, -0.05) is 24.3 Å². The zero-order valence-corrected chi connectivity index (χ0v) is 12.7. The normalized spacial score (nSPS) is 12.0. The molecule has 2 N–H and O–H groups in total. The minimum absolute atomic E-state index is 0.126. The molecule has 0 saturated carbocycles. The molecule has 0 radical (unpaired) electrons. The van der Waals surface area contributed by atoms with E-state index in [4.69, 9.17) is 5.11 Å². The van der Waals surface area contributed by atoms with Gasteiger partial charge < -0.3 is 10.4 Å². The third-order valence-electron chi connectivity index (χ3n) is 3.37. The lowest BCUT2D eigenvalue weighted by atomic mass is 10.2. The predicted octanol–water partition coefficient (Wildman–Crippen LogP) is 1.48. The van der Waals surface area contributed by atoms with Crippen LogP contribution >= 0.6 is 0 Å². The van der Waals surface area contributed by atoms with Crippen LogP contribution in [0.25, 0.3) is 5.69 Å². The molecule has 1 amide bonds. The number of aryl methyl sites for hydroxylation is 1. The monoisotopic (exact) mass is 302 g/mol. The highest BCUT2D eigenvalue weighted by Crippen LogP contribution is 2.13. The molecule has 22 heavy (non-hydrogen) atoms. The molecule has 116 valence electrons. The number of hydrogen-bond donors (Lipinski definition) is 2. The van der Waals surface area contributed by atoms with Crippen LogP contribution in [0.1, 0.15) is 35.1 Å².